The number of hydrogen-bond acceptors (Lipinski definition) is 8. The van der Waals surface area contributed by atoms with Crippen LogP contribution in [0.2, 0.25) is 0 Å². The summed E-state index contributed by atoms with van der Waals surface area (Å²) < 4.78 is 10.2. The summed E-state index contributed by atoms with van der Waals surface area (Å²) in [5.41, 5.74) is 2.31. The van der Waals surface area contributed by atoms with E-state index < -0.39 is 5.97 Å². The predicted octanol–water partition coefficient (Wildman–Crippen LogP) is 1.50. The fraction of sp³-hybridized carbons (Fsp3) is 0.273. The Morgan fingerprint density at radius 1 is 1.16 bits per heavy atom. The number of carboxylic acid groups (broad SMARTS) is 1. The van der Waals surface area contributed by atoms with E-state index in [1.54, 1.807) is 6.20 Å². The van der Waals surface area contributed by atoms with Crippen molar-refractivity contribution < 1.29 is 29.0 Å². The van der Waals surface area contributed by atoms with Crippen LogP contribution in [0, 0.1) is 5.92 Å². The number of carbonyl (C=O) groups excluding carboxylic acids is 2. The standard InChI is InChI=1S/C21H20N4O4.CH2O2/c1-28-21(27)18-10-23-17(9-24-18)20(26)25-19-12-29-11-14(19)8-13-6-7-22-16-5-3-2-4-15(13)16;2-1-3/h2-7,9-10,14,19H,8,11-12H2,1H3,(H,25,26);1H,(H,2,3)/t14-,19+;/m1./s1. The van der Waals surface area contributed by atoms with Crippen molar-refractivity contribution in [3.8, 4) is 0 Å². The SMILES string of the molecule is COC(=O)c1cnc(C(=O)N[C@H]2COC[C@H]2Cc2ccnc3ccccc23)cn1.O=CO. The van der Waals surface area contributed by atoms with Crippen LogP contribution in [0.3, 0.4) is 0 Å². The van der Waals surface area contributed by atoms with Crippen LogP contribution in [0.1, 0.15) is 26.5 Å². The van der Waals surface area contributed by atoms with E-state index in [9.17, 15) is 9.59 Å². The highest BCUT2D eigenvalue weighted by Crippen LogP contribution is 2.24. The van der Waals surface area contributed by atoms with Crippen LogP contribution in [0.4, 0.5) is 0 Å². The van der Waals surface area contributed by atoms with Crippen LogP contribution in [0.25, 0.3) is 10.9 Å². The Hall–Kier alpha value is -3.92. The number of pyridine rings is 1. The van der Waals surface area contributed by atoms with Crippen LogP contribution in [-0.2, 0) is 20.7 Å². The third-order valence-corrected chi connectivity index (χ3v) is 5.02. The van der Waals surface area contributed by atoms with E-state index in [1.807, 2.05) is 24.3 Å². The summed E-state index contributed by atoms with van der Waals surface area (Å²) in [4.78, 5) is 44.7. The van der Waals surface area contributed by atoms with E-state index in [1.165, 1.54) is 25.1 Å². The van der Waals surface area contributed by atoms with Gasteiger partial charge in [0.05, 0.1) is 44.3 Å². The summed E-state index contributed by atoms with van der Waals surface area (Å²) >= 11 is 0. The molecule has 4 rings (SSSR count). The number of benzene rings is 1. The first-order valence-electron chi connectivity index (χ1n) is 9.76. The first-order chi connectivity index (χ1) is 15.6. The normalized spacial score (nSPS) is 17.2. The molecule has 3 aromatic rings. The zero-order chi connectivity index (χ0) is 22.9. The van der Waals surface area contributed by atoms with Crippen LogP contribution in [-0.4, -0.2) is 64.8 Å². The topological polar surface area (TPSA) is 141 Å². The Balaban J connectivity index is 0.000000913. The molecule has 10 heteroatoms. The molecule has 2 N–H and O–H groups in total. The number of esters is 1. The van der Waals surface area contributed by atoms with Gasteiger partial charge < -0.3 is 19.9 Å². The third-order valence-electron chi connectivity index (χ3n) is 5.02. The lowest BCUT2D eigenvalue weighted by molar-refractivity contribution is -0.122. The first kappa shape index (κ1) is 22.8. The maximum atomic E-state index is 12.6. The molecule has 0 bridgehead atoms. The third kappa shape index (κ3) is 5.41. The molecule has 1 aromatic carbocycles. The van der Waals surface area contributed by atoms with E-state index in [0.29, 0.717) is 13.2 Å². The number of fused-ring (bicyclic) bond motifs is 1. The van der Waals surface area contributed by atoms with Crippen LogP contribution in [0.15, 0.2) is 48.9 Å². The van der Waals surface area contributed by atoms with E-state index >= 15 is 0 Å². The Kier molecular flexibility index (Phi) is 7.76. The number of amides is 1. The van der Waals surface area contributed by atoms with E-state index in [4.69, 9.17) is 14.6 Å². The van der Waals surface area contributed by atoms with Gasteiger partial charge in [-0.2, -0.15) is 0 Å². The highest BCUT2D eigenvalue weighted by Gasteiger charge is 2.30. The number of aromatic nitrogens is 3. The molecule has 3 heterocycles. The van der Waals surface area contributed by atoms with Gasteiger partial charge in [0.15, 0.2) is 5.69 Å². The Labute approximate surface area is 183 Å². The predicted molar refractivity (Wildman–Crippen MR) is 113 cm³/mol. The molecule has 0 aliphatic carbocycles. The average molecular weight is 438 g/mol. The molecule has 1 saturated heterocycles. The lowest BCUT2D eigenvalue weighted by Crippen LogP contribution is -2.41. The second kappa shape index (κ2) is 10.9. The summed E-state index contributed by atoms with van der Waals surface area (Å²) in [7, 11) is 1.26. The molecule has 32 heavy (non-hydrogen) atoms. The summed E-state index contributed by atoms with van der Waals surface area (Å²) in [6.45, 7) is 0.752. The number of para-hydroxylation sites is 1. The quantitative estimate of drug-likeness (QED) is 0.448. The second-order valence-corrected chi connectivity index (χ2v) is 6.95. The second-order valence-electron chi connectivity index (χ2n) is 6.95. The number of ether oxygens (including phenoxy) is 2. The molecule has 0 saturated carbocycles. The molecule has 1 aliphatic heterocycles. The van der Waals surface area contributed by atoms with E-state index in [2.05, 4.69) is 31.1 Å². The summed E-state index contributed by atoms with van der Waals surface area (Å²) in [6, 6.07) is 9.87. The maximum Gasteiger partial charge on any atom is 0.358 e. The monoisotopic (exact) mass is 438 g/mol. The lowest BCUT2D eigenvalue weighted by Gasteiger charge is -2.19. The van der Waals surface area contributed by atoms with Crippen molar-refractivity contribution >= 4 is 29.3 Å². The molecular formula is C22H22N4O6. The molecule has 2 atom stereocenters. The lowest BCUT2D eigenvalue weighted by atomic mass is 9.93. The minimum absolute atomic E-state index is 0.0516. The van der Waals surface area contributed by atoms with E-state index in [0.717, 1.165) is 17.3 Å². The zero-order valence-electron chi connectivity index (χ0n) is 17.3. The molecule has 1 aliphatic rings. The number of methoxy groups -OCH3 is 1. The molecule has 2 aromatic heterocycles. The highest BCUT2D eigenvalue weighted by molar-refractivity contribution is 5.93. The van der Waals surface area contributed by atoms with Gasteiger partial charge in [-0.05, 0) is 24.1 Å². The Morgan fingerprint density at radius 2 is 1.88 bits per heavy atom. The van der Waals surface area contributed by atoms with Crippen molar-refractivity contribution in [1.29, 1.82) is 0 Å². The molecule has 10 nitrogen and oxygen atoms in total. The molecule has 1 fully saturated rings. The zero-order valence-corrected chi connectivity index (χ0v) is 17.3. The van der Waals surface area contributed by atoms with Crippen molar-refractivity contribution in [2.75, 3.05) is 20.3 Å². The summed E-state index contributed by atoms with van der Waals surface area (Å²) in [6.07, 6.45) is 5.07. The van der Waals surface area contributed by atoms with Gasteiger partial charge in [-0.25, -0.2) is 14.8 Å². The van der Waals surface area contributed by atoms with Crippen molar-refractivity contribution in [2.24, 2.45) is 5.92 Å². The fourth-order valence-corrected chi connectivity index (χ4v) is 3.47. The molecular weight excluding hydrogens is 416 g/mol. The van der Waals surface area contributed by atoms with Gasteiger partial charge in [0.25, 0.3) is 12.4 Å². The Morgan fingerprint density at radius 3 is 2.59 bits per heavy atom. The Bertz CT molecular complexity index is 1080. The minimum atomic E-state index is -0.599. The number of carbonyl (C=O) groups is 3. The van der Waals surface area contributed by atoms with Gasteiger partial charge in [-0.15, -0.1) is 0 Å². The van der Waals surface area contributed by atoms with Gasteiger partial charge in [0, 0.05) is 17.5 Å². The van der Waals surface area contributed by atoms with Crippen molar-refractivity contribution in [1.82, 2.24) is 20.3 Å². The number of nitrogens with one attached hydrogen (secondary N) is 1. The average Bonchev–Trinajstić information content (AvgIpc) is 3.25. The van der Waals surface area contributed by atoms with E-state index in [-0.39, 0.29) is 35.7 Å². The van der Waals surface area contributed by atoms with Crippen molar-refractivity contribution in [3.05, 3.63) is 65.9 Å². The fourth-order valence-electron chi connectivity index (χ4n) is 3.47. The van der Waals surface area contributed by atoms with Crippen LogP contribution < -0.4 is 5.32 Å². The molecule has 1 amide bonds. The van der Waals surface area contributed by atoms with Gasteiger partial charge in [-0.1, -0.05) is 18.2 Å². The van der Waals surface area contributed by atoms with Gasteiger partial charge >= 0.3 is 5.97 Å². The highest BCUT2D eigenvalue weighted by atomic mass is 16.5. The molecule has 166 valence electrons. The van der Waals surface area contributed by atoms with Crippen molar-refractivity contribution in [2.45, 2.75) is 12.5 Å². The molecule has 0 unspecified atom stereocenters. The van der Waals surface area contributed by atoms with Crippen LogP contribution >= 0.6 is 0 Å². The van der Waals surface area contributed by atoms with Gasteiger partial charge in [-0.3, -0.25) is 14.6 Å². The number of hydrogen-bond donors (Lipinski definition) is 2. The number of rotatable bonds is 5. The minimum Gasteiger partial charge on any atom is -0.483 e. The first-order valence-corrected chi connectivity index (χ1v) is 9.76. The maximum absolute atomic E-state index is 12.6. The smallest absolute Gasteiger partial charge is 0.358 e. The number of nitrogens with zero attached hydrogens (tertiary/aromatic N) is 3. The van der Waals surface area contributed by atoms with Crippen LogP contribution in [0.5, 0.6) is 0 Å². The summed E-state index contributed by atoms with van der Waals surface area (Å²) in [5, 5.41) is 11.0. The largest absolute Gasteiger partial charge is 0.483 e. The summed E-state index contributed by atoms with van der Waals surface area (Å²) in [5.74, 6) is -0.820. The van der Waals surface area contributed by atoms with Crippen molar-refractivity contribution in [3.63, 3.8) is 0 Å². The molecule has 0 radical (unpaired) electrons. The molecule has 0 spiro atoms. The van der Waals surface area contributed by atoms with Gasteiger partial charge in [0.2, 0.25) is 0 Å². The van der Waals surface area contributed by atoms with Gasteiger partial charge in [0.1, 0.15) is 5.69 Å².